The lowest BCUT2D eigenvalue weighted by atomic mass is 9.94. The summed E-state index contributed by atoms with van der Waals surface area (Å²) >= 11 is 0. The molecule has 0 aromatic heterocycles. The van der Waals surface area contributed by atoms with Gasteiger partial charge in [-0.1, -0.05) is 20.8 Å². The molecule has 0 spiro atoms. The van der Waals surface area contributed by atoms with Crippen LogP contribution >= 0.6 is 0 Å². The van der Waals surface area contributed by atoms with E-state index in [4.69, 9.17) is 0 Å². The molecule has 1 aliphatic rings. The average Bonchev–Trinajstić information content (AvgIpc) is 2.66. The van der Waals surface area contributed by atoms with E-state index in [0.29, 0.717) is 30.2 Å². The predicted molar refractivity (Wildman–Crippen MR) is 67.3 cm³/mol. The Labute approximate surface area is 99.6 Å². The van der Waals surface area contributed by atoms with Gasteiger partial charge in [-0.25, -0.2) is 0 Å². The Morgan fingerprint density at radius 1 is 1.44 bits per heavy atom. The summed E-state index contributed by atoms with van der Waals surface area (Å²) in [6.07, 6.45) is 3.02. The van der Waals surface area contributed by atoms with Gasteiger partial charge in [-0.2, -0.15) is 0 Å². The highest BCUT2D eigenvalue weighted by Crippen LogP contribution is 2.21. The Kier molecular flexibility index (Phi) is 5.26. The van der Waals surface area contributed by atoms with Gasteiger partial charge in [0.05, 0.1) is 0 Å². The molecular formula is C13H26N2O. The number of rotatable bonds is 5. The maximum atomic E-state index is 12.1. The predicted octanol–water partition coefficient (Wildman–Crippen LogP) is 1.88. The number of likely N-dealkylation sites (tertiary alicyclic amines) is 1. The molecule has 3 nitrogen and oxygen atoms in total. The van der Waals surface area contributed by atoms with E-state index in [0.717, 1.165) is 25.9 Å². The van der Waals surface area contributed by atoms with Gasteiger partial charge in [0, 0.05) is 25.6 Å². The summed E-state index contributed by atoms with van der Waals surface area (Å²) < 4.78 is 0. The summed E-state index contributed by atoms with van der Waals surface area (Å²) in [4.78, 5) is 14.2. The van der Waals surface area contributed by atoms with E-state index >= 15 is 0 Å². The Hall–Kier alpha value is -0.570. The molecule has 94 valence electrons. The van der Waals surface area contributed by atoms with Crippen LogP contribution in [-0.4, -0.2) is 37.0 Å². The van der Waals surface area contributed by atoms with Crippen molar-refractivity contribution in [3.63, 3.8) is 0 Å². The first-order valence-corrected chi connectivity index (χ1v) is 6.50. The average molecular weight is 226 g/mol. The zero-order chi connectivity index (χ0) is 12.1. The summed E-state index contributed by atoms with van der Waals surface area (Å²) in [5.41, 5.74) is 0. The lowest BCUT2D eigenvalue weighted by Crippen LogP contribution is -2.41. The maximum absolute atomic E-state index is 12.1. The molecule has 1 fully saturated rings. The Morgan fingerprint density at radius 3 is 2.69 bits per heavy atom. The van der Waals surface area contributed by atoms with Gasteiger partial charge >= 0.3 is 0 Å². The molecule has 1 saturated heterocycles. The van der Waals surface area contributed by atoms with Gasteiger partial charge < -0.3 is 10.2 Å². The summed E-state index contributed by atoms with van der Waals surface area (Å²) in [6, 6.07) is 0.428. The topological polar surface area (TPSA) is 32.3 Å². The van der Waals surface area contributed by atoms with Gasteiger partial charge in [0.25, 0.3) is 0 Å². The summed E-state index contributed by atoms with van der Waals surface area (Å²) in [7, 11) is 1.96. The molecule has 0 aromatic rings. The van der Waals surface area contributed by atoms with Crippen LogP contribution in [0, 0.1) is 11.8 Å². The van der Waals surface area contributed by atoms with Crippen LogP contribution in [0.1, 0.15) is 40.0 Å². The van der Waals surface area contributed by atoms with E-state index in [2.05, 4.69) is 31.0 Å². The molecule has 2 unspecified atom stereocenters. The molecule has 1 aliphatic heterocycles. The first-order chi connectivity index (χ1) is 7.56. The highest BCUT2D eigenvalue weighted by Gasteiger charge is 2.28. The van der Waals surface area contributed by atoms with Crippen LogP contribution in [0.4, 0.5) is 0 Å². The molecule has 16 heavy (non-hydrogen) atoms. The number of nitrogens with one attached hydrogen (secondary N) is 1. The van der Waals surface area contributed by atoms with Gasteiger partial charge in [-0.05, 0) is 31.7 Å². The fourth-order valence-electron chi connectivity index (χ4n) is 2.24. The number of carbonyl (C=O) groups excluding carboxylic acids is 1. The third-order valence-electron chi connectivity index (χ3n) is 3.77. The molecule has 0 aliphatic carbocycles. The fourth-order valence-corrected chi connectivity index (χ4v) is 2.24. The van der Waals surface area contributed by atoms with Crippen LogP contribution in [0.5, 0.6) is 0 Å². The number of hydrogen-bond acceptors (Lipinski definition) is 2. The first kappa shape index (κ1) is 13.5. The van der Waals surface area contributed by atoms with Gasteiger partial charge in [-0.15, -0.1) is 0 Å². The summed E-state index contributed by atoms with van der Waals surface area (Å²) in [5, 5.41) is 3.18. The van der Waals surface area contributed by atoms with E-state index < -0.39 is 0 Å². The zero-order valence-electron chi connectivity index (χ0n) is 11.1. The van der Waals surface area contributed by atoms with Crippen LogP contribution in [0.15, 0.2) is 0 Å². The second kappa shape index (κ2) is 6.24. The molecule has 2 atom stereocenters. The van der Waals surface area contributed by atoms with Crippen LogP contribution in [0.2, 0.25) is 0 Å². The lowest BCUT2D eigenvalue weighted by molar-refractivity contribution is -0.133. The van der Waals surface area contributed by atoms with Gasteiger partial charge in [-0.3, -0.25) is 4.79 Å². The van der Waals surface area contributed by atoms with Crippen molar-refractivity contribution in [3.8, 4) is 0 Å². The standard InChI is InChI=1S/C13H26N2O/c1-10(2)11(3)8-13(16)15-7-5-6-12(15)9-14-4/h10-12,14H,5-9H2,1-4H3. The number of likely N-dealkylation sites (N-methyl/N-ethyl adjacent to an activating group) is 1. The Morgan fingerprint density at radius 2 is 2.12 bits per heavy atom. The van der Waals surface area contributed by atoms with E-state index in [1.54, 1.807) is 0 Å². The quantitative estimate of drug-likeness (QED) is 0.776. The first-order valence-electron chi connectivity index (χ1n) is 6.50. The third-order valence-corrected chi connectivity index (χ3v) is 3.77. The minimum absolute atomic E-state index is 0.346. The number of carbonyl (C=O) groups is 1. The van der Waals surface area contributed by atoms with E-state index in [-0.39, 0.29) is 0 Å². The van der Waals surface area contributed by atoms with Crippen molar-refractivity contribution >= 4 is 5.91 Å². The molecule has 0 aromatic carbocycles. The van der Waals surface area contributed by atoms with E-state index in [1.807, 2.05) is 7.05 Å². The van der Waals surface area contributed by atoms with Crippen molar-refractivity contribution in [1.82, 2.24) is 10.2 Å². The van der Waals surface area contributed by atoms with Crippen LogP contribution in [0.25, 0.3) is 0 Å². The lowest BCUT2D eigenvalue weighted by Gasteiger charge is -2.26. The van der Waals surface area contributed by atoms with Crippen molar-refractivity contribution in [2.75, 3.05) is 20.1 Å². The smallest absolute Gasteiger partial charge is 0.223 e. The Bertz CT molecular complexity index is 228. The number of hydrogen-bond donors (Lipinski definition) is 1. The second-order valence-corrected chi connectivity index (χ2v) is 5.37. The largest absolute Gasteiger partial charge is 0.338 e. The van der Waals surface area contributed by atoms with Gasteiger partial charge in [0.1, 0.15) is 0 Å². The third kappa shape index (κ3) is 3.48. The molecule has 1 rings (SSSR count). The number of nitrogens with zero attached hydrogens (tertiary/aromatic N) is 1. The van der Waals surface area contributed by atoms with Crippen molar-refractivity contribution in [1.29, 1.82) is 0 Å². The van der Waals surface area contributed by atoms with Crippen LogP contribution < -0.4 is 5.32 Å². The highest BCUT2D eigenvalue weighted by molar-refractivity contribution is 5.77. The summed E-state index contributed by atoms with van der Waals surface area (Å²) in [6.45, 7) is 8.43. The molecule has 3 heteroatoms. The van der Waals surface area contributed by atoms with Gasteiger partial charge in [0.2, 0.25) is 5.91 Å². The minimum atomic E-state index is 0.346. The van der Waals surface area contributed by atoms with Crippen LogP contribution in [0.3, 0.4) is 0 Å². The molecule has 0 saturated carbocycles. The van der Waals surface area contributed by atoms with Gasteiger partial charge in [0.15, 0.2) is 0 Å². The summed E-state index contributed by atoms with van der Waals surface area (Å²) in [5.74, 6) is 1.43. The normalized spacial score (nSPS) is 22.8. The molecule has 1 heterocycles. The van der Waals surface area contributed by atoms with Crippen molar-refractivity contribution < 1.29 is 4.79 Å². The fraction of sp³-hybridized carbons (Fsp3) is 0.923. The minimum Gasteiger partial charge on any atom is -0.338 e. The monoisotopic (exact) mass is 226 g/mol. The molecule has 1 amide bonds. The maximum Gasteiger partial charge on any atom is 0.223 e. The van der Waals surface area contributed by atoms with E-state index in [9.17, 15) is 4.79 Å². The number of amides is 1. The molecule has 0 radical (unpaired) electrons. The van der Waals surface area contributed by atoms with E-state index in [1.165, 1.54) is 0 Å². The zero-order valence-corrected chi connectivity index (χ0v) is 11.1. The SMILES string of the molecule is CNCC1CCCN1C(=O)CC(C)C(C)C. The highest BCUT2D eigenvalue weighted by atomic mass is 16.2. The van der Waals surface area contributed by atoms with Crippen molar-refractivity contribution in [2.45, 2.75) is 46.1 Å². The van der Waals surface area contributed by atoms with Crippen LogP contribution in [-0.2, 0) is 4.79 Å². The second-order valence-electron chi connectivity index (χ2n) is 5.37. The van der Waals surface area contributed by atoms with Crippen molar-refractivity contribution in [2.24, 2.45) is 11.8 Å². The Balaban J connectivity index is 2.46. The molecule has 1 N–H and O–H groups in total. The molecule has 0 bridgehead atoms. The molecular weight excluding hydrogens is 200 g/mol. The van der Waals surface area contributed by atoms with Crippen molar-refractivity contribution in [3.05, 3.63) is 0 Å².